The van der Waals surface area contributed by atoms with Crippen LogP contribution >= 0.6 is 0 Å². The number of ether oxygens (including phenoxy) is 1. The molecule has 7 heteroatoms. The van der Waals surface area contributed by atoms with Gasteiger partial charge in [0.15, 0.2) is 0 Å². The van der Waals surface area contributed by atoms with Crippen molar-refractivity contribution < 1.29 is 19.7 Å². The molecule has 0 aliphatic rings. The summed E-state index contributed by atoms with van der Waals surface area (Å²) in [5, 5.41) is 21.5. The molecule has 4 aromatic rings. The summed E-state index contributed by atoms with van der Waals surface area (Å²) in [6.07, 6.45) is 2.45. The number of H-pyrrole nitrogens is 1. The first-order valence-corrected chi connectivity index (χ1v) is 10.7. The van der Waals surface area contributed by atoms with E-state index in [0.29, 0.717) is 24.2 Å². The van der Waals surface area contributed by atoms with E-state index in [9.17, 15) is 19.8 Å². The minimum absolute atomic E-state index is 0.0693. The number of nitrogens with zero attached hydrogens (tertiary/aromatic N) is 1. The second-order valence-corrected chi connectivity index (χ2v) is 8.08. The highest BCUT2D eigenvalue weighted by molar-refractivity contribution is 5.83. The van der Waals surface area contributed by atoms with E-state index in [2.05, 4.69) is 4.98 Å². The molecule has 0 saturated heterocycles. The predicted molar refractivity (Wildman–Crippen MR) is 126 cm³/mol. The van der Waals surface area contributed by atoms with Gasteiger partial charge in [-0.25, -0.2) is 0 Å². The average molecular weight is 447 g/mol. The smallest absolute Gasteiger partial charge is 0.306 e. The zero-order valence-electron chi connectivity index (χ0n) is 18.5. The molecule has 0 radical (unpaired) electrons. The van der Waals surface area contributed by atoms with Crippen LogP contribution in [0.25, 0.3) is 10.9 Å². The number of pyridine rings is 1. The highest BCUT2D eigenvalue weighted by Crippen LogP contribution is 2.33. The Balaban J connectivity index is 1.74. The van der Waals surface area contributed by atoms with Crippen molar-refractivity contribution >= 4 is 16.9 Å². The summed E-state index contributed by atoms with van der Waals surface area (Å²) in [7, 11) is 1.28. The molecule has 0 fully saturated rings. The average Bonchev–Trinajstić information content (AvgIpc) is 3.21. The maximum absolute atomic E-state index is 13.6. The fourth-order valence-electron chi connectivity index (χ4n) is 4.29. The minimum atomic E-state index is -0.717. The van der Waals surface area contributed by atoms with Gasteiger partial charge in [0.25, 0.3) is 5.56 Å². The van der Waals surface area contributed by atoms with E-state index in [-0.39, 0.29) is 29.0 Å². The van der Waals surface area contributed by atoms with Crippen molar-refractivity contribution in [2.24, 2.45) is 0 Å². The largest absolute Gasteiger partial charge is 0.508 e. The molecule has 2 aromatic carbocycles. The van der Waals surface area contributed by atoms with Gasteiger partial charge >= 0.3 is 5.97 Å². The number of aryl methyl sites for hydroxylation is 2. The Morgan fingerprint density at radius 1 is 1.12 bits per heavy atom. The molecule has 0 aliphatic heterocycles. The van der Waals surface area contributed by atoms with E-state index in [1.165, 1.54) is 19.2 Å². The molecule has 4 rings (SSSR count). The number of phenols is 1. The molecular formula is C26H26N2O5. The van der Waals surface area contributed by atoms with Crippen molar-refractivity contribution in [1.82, 2.24) is 9.55 Å². The van der Waals surface area contributed by atoms with Crippen molar-refractivity contribution in [2.75, 3.05) is 7.11 Å². The maximum Gasteiger partial charge on any atom is 0.306 e. The number of methoxy groups -OCH3 is 1. The van der Waals surface area contributed by atoms with Crippen LogP contribution in [0.4, 0.5) is 0 Å². The summed E-state index contributed by atoms with van der Waals surface area (Å²) in [6, 6.07) is 15.8. The fraction of sp³-hybridized carbons (Fsp3) is 0.231. The number of rotatable bonds is 7. The Labute approximate surface area is 190 Å². The molecule has 0 aliphatic carbocycles. The number of esters is 1. The van der Waals surface area contributed by atoms with Gasteiger partial charge in [-0.15, -0.1) is 0 Å². The zero-order valence-corrected chi connectivity index (χ0v) is 18.5. The topological polar surface area (TPSA) is 105 Å². The van der Waals surface area contributed by atoms with Crippen molar-refractivity contribution in [3.05, 3.63) is 93.5 Å². The molecule has 1 unspecified atom stereocenters. The van der Waals surface area contributed by atoms with Crippen LogP contribution in [-0.4, -0.2) is 32.8 Å². The third-order valence-electron chi connectivity index (χ3n) is 6.04. The lowest BCUT2D eigenvalue weighted by Gasteiger charge is -2.20. The van der Waals surface area contributed by atoms with Crippen molar-refractivity contribution in [3.63, 3.8) is 0 Å². The summed E-state index contributed by atoms with van der Waals surface area (Å²) in [6.45, 7) is 2.19. The van der Waals surface area contributed by atoms with E-state index in [1.54, 1.807) is 29.7 Å². The number of phenolic OH excluding ortho intramolecular Hbond substituents is 1. The third kappa shape index (κ3) is 4.48. The molecule has 170 valence electrons. The first-order valence-electron chi connectivity index (χ1n) is 10.7. The molecule has 3 N–H and O–H groups in total. The van der Waals surface area contributed by atoms with Gasteiger partial charge in [0.1, 0.15) is 11.5 Å². The van der Waals surface area contributed by atoms with E-state index < -0.39 is 11.9 Å². The monoisotopic (exact) mass is 446 g/mol. The third-order valence-corrected chi connectivity index (χ3v) is 6.04. The minimum Gasteiger partial charge on any atom is -0.508 e. The Hall–Kier alpha value is -4.00. The Bertz CT molecular complexity index is 1350. The highest BCUT2D eigenvalue weighted by atomic mass is 16.5. The molecule has 0 amide bonds. The van der Waals surface area contributed by atoms with Crippen molar-refractivity contribution in [3.8, 4) is 11.5 Å². The summed E-state index contributed by atoms with van der Waals surface area (Å²) in [4.78, 5) is 29.0. The Kier molecular flexibility index (Phi) is 6.22. The number of fused-ring (bicyclic) bond motifs is 1. The van der Waals surface area contributed by atoms with Crippen LogP contribution in [0.2, 0.25) is 0 Å². The number of hydrogen-bond donors (Lipinski definition) is 3. The zero-order chi connectivity index (χ0) is 23.5. The quantitative estimate of drug-likeness (QED) is 0.373. The molecule has 0 bridgehead atoms. The second-order valence-electron chi connectivity index (χ2n) is 8.08. The number of carbonyl (C=O) groups is 1. The molecule has 7 nitrogen and oxygen atoms in total. The van der Waals surface area contributed by atoms with Crippen molar-refractivity contribution in [2.45, 2.75) is 32.2 Å². The SMILES string of the molecule is COC(=O)CC(c1ccc(O)cc1)c1c(O)cc(C)n(CCc2c[nH]c3ccccc23)c1=O. The summed E-state index contributed by atoms with van der Waals surface area (Å²) >= 11 is 0. The molecule has 33 heavy (non-hydrogen) atoms. The highest BCUT2D eigenvalue weighted by Gasteiger charge is 2.26. The lowest BCUT2D eigenvalue weighted by atomic mass is 9.88. The van der Waals surface area contributed by atoms with Gasteiger partial charge in [0.05, 0.1) is 19.1 Å². The first-order chi connectivity index (χ1) is 15.9. The number of para-hydroxylation sites is 1. The normalized spacial score (nSPS) is 12.1. The fourth-order valence-corrected chi connectivity index (χ4v) is 4.29. The van der Waals surface area contributed by atoms with Crippen LogP contribution in [0, 0.1) is 6.92 Å². The van der Waals surface area contributed by atoms with Crippen LogP contribution in [0.1, 0.15) is 34.7 Å². The van der Waals surface area contributed by atoms with Gasteiger partial charge in [0, 0.05) is 35.3 Å². The number of aromatic amines is 1. The van der Waals surface area contributed by atoms with E-state index in [4.69, 9.17) is 4.74 Å². The number of hydrogen-bond acceptors (Lipinski definition) is 5. The van der Waals surface area contributed by atoms with Crippen LogP contribution in [-0.2, 0) is 22.5 Å². The Morgan fingerprint density at radius 2 is 1.85 bits per heavy atom. The number of aromatic hydroxyl groups is 2. The second kappa shape index (κ2) is 9.24. The summed E-state index contributed by atoms with van der Waals surface area (Å²) < 4.78 is 6.46. The molecule has 1 atom stereocenters. The standard InChI is InChI=1S/C26H26N2O5/c1-16-13-23(30)25(21(14-24(31)33-2)17-7-9-19(29)10-8-17)26(32)28(16)12-11-18-15-27-22-6-4-3-5-20(18)22/h3-10,13,15,21,27,29-30H,11-12,14H2,1-2H3. The molecule has 0 spiro atoms. The van der Waals surface area contributed by atoms with Gasteiger partial charge in [-0.3, -0.25) is 9.59 Å². The van der Waals surface area contributed by atoms with Crippen LogP contribution in [0.15, 0.2) is 65.6 Å². The van der Waals surface area contributed by atoms with E-state index >= 15 is 0 Å². The lowest BCUT2D eigenvalue weighted by Crippen LogP contribution is -2.29. The Morgan fingerprint density at radius 3 is 2.58 bits per heavy atom. The summed E-state index contributed by atoms with van der Waals surface area (Å²) in [5.41, 5.74) is 3.16. The molecule has 0 saturated carbocycles. The van der Waals surface area contributed by atoms with Gasteiger partial charge in [-0.2, -0.15) is 0 Å². The van der Waals surface area contributed by atoms with E-state index in [0.717, 1.165) is 16.5 Å². The first kappa shape index (κ1) is 22.2. The van der Waals surface area contributed by atoms with Gasteiger partial charge in [-0.1, -0.05) is 30.3 Å². The van der Waals surface area contributed by atoms with Crippen LogP contribution < -0.4 is 5.56 Å². The van der Waals surface area contributed by atoms with Crippen LogP contribution in [0.3, 0.4) is 0 Å². The van der Waals surface area contributed by atoms with Crippen LogP contribution in [0.5, 0.6) is 11.5 Å². The number of aromatic nitrogens is 2. The molecule has 2 aromatic heterocycles. The lowest BCUT2D eigenvalue weighted by molar-refractivity contribution is -0.140. The van der Waals surface area contributed by atoms with E-state index in [1.807, 2.05) is 30.5 Å². The summed E-state index contributed by atoms with van der Waals surface area (Å²) in [5.74, 6) is -1.31. The number of nitrogens with one attached hydrogen (secondary N) is 1. The number of carbonyl (C=O) groups excluding carboxylic acids is 1. The molecule has 2 heterocycles. The molecular weight excluding hydrogens is 420 g/mol. The van der Waals surface area contributed by atoms with Gasteiger partial charge in [-0.05, 0) is 48.7 Å². The van der Waals surface area contributed by atoms with Gasteiger partial charge < -0.3 is 24.5 Å². The van der Waals surface area contributed by atoms with Gasteiger partial charge in [0.2, 0.25) is 0 Å². The predicted octanol–water partition coefficient (Wildman–Crippen LogP) is 3.99. The van der Waals surface area contributed by atoms with Crippen molar-refractivity contribution in [1.29, 1.82) is 0 Å². The number of benzene rings is 2. The maximum atomic E-state index is 13.6.